The first-order valence-corrected chi connectivity index (χ1v) is 6.36. The molecular weight excluding hydrogens is 258 g/mol. The largest absolute Gasteiger partial charge is 0.481 e. The third kappa shape index (κ3) is 3.17. The van der Waals surface area contributed by atoms with Gasteiger partial charge in [-0.3, -0.25) is 4.79 Å². The van der Waals surface area contributed by atoms with E-state index >= 15 is 0 Å². The molecule has 0 atom stereocenters. The van der Waals surface area contributed by atoms with Gasteiger partial charge in [0.15, 0.2) is 0 Å². The number of benzene rings is 1. The Balaban J connectivity index is 1.81. The Morgan fingerprint density at radius 2 is 2.00 bits per heavy atom. The van der Waals surface area contributed by atoms with Crippen LogP contribution in [0.5, 0.6) is 0 Å². The van der Waals surface area contributed by atoms with Crippen molar-refractivity contribution in [1.29, 1.82) is 0 Å². The molecule has 5 nitrogen and oxygen atoms in total. The summed E-state index contributed by atoms with van der Waals surface area (Å²) in [4.78, 5) is 24.1. The molecule has 0 saturated carbocycles. The Hall–Kier alpha value is -2.30. The Kier molecular flexibility index (Phi) is 4.08. The normalized spacial score (nSPS) is 16.1. The van der Waals surface area contributed by atoms with Crippen molar-refractivity contribution in [3.63, 3.8) is 0 Å². The topological polar surface area (TPSA) is 66.8 Å². The Bertz CT molecular complexity index is 506. The summed E-state index contributed by atoms with van der Waals surface area (Å²) in [6.07, 6.45) is 1.18. The molecule has 106 valence electrons. The Morgan fingerprint density at radius 1 is 1.35 bits per heavy atom. The maximum Gasteiger partial charge on any atom is 0.410 e. The van der Waals surface area contributed by atoms with E-state index in [2.05, 4.69) is 6.58 Å². The molecule has 1 heterocycles. The number of hydrogen-bond donors (Lipinski definition) is 1. The third-order valence-corrected chi connectivity index (χ3v) is 3.41. The van der Waals surface area contributed by atoms with Gasteiger partial charge in [-0.25, -0.2) is 4.79 Å². The molecule has 0 bridgehead atoms. The second kappa shape index (κ2) is 5.77. The zero-order chi connectivity index (χ0) is 14.6. The van der Waals surface area contributed by atoms with Crippen molar-refractivity contribution in [2.24, 2.45) is 5.41 Å². The molecule has 0 aromatic heterocycles. The van der Waals surface area contributed by atoms with Crippen LogP contribution in [0.2, 0.25) is 0 Å². The first-order valence-electron chi connectivity index (χ1n) is 6.36. The lowest BCUT2D eigenvalue weighted by Gasteiger charge is -2.46. The van der Waals surface area contributed by atoms with E-state index in [-0.39, 0.29) is 13.0 Å². The van der Waals surface area contributed by atoms with Crippen LogP contribution in [0, 0.1) is 5.41 Å². The molecular formula is C15H17NO4. The summed E-state index contributed by atoms with van der Waals surface area (Å²) >= 11 is 0. The van der Waals surface area contributed by atoms with Gasteiger partial charge < -0.3 is 14.7 Å². The van der Waals surface area contributed by atoms with Gasteiger partial charge in [0, 0.05) is 18.5 Å². The standard InChI is InChI=1S/C15H17NO4/c1-2-15(8-13(17)18)10-16(11-15)14(19)20-9-12-6-4-3-5-7-12/h2-7H,1,8-11H2,(H,17,18). The monoisotopic (exact) mass is 275 g/mol. The van der Waals surface area contributed by atoms with Gasteiger partial charge in [0.05, 0.1) is 6.42 Å². The number of carbonyl (C=O) groups is 2. The van der Waals surface area contributed by atoms with Crippen LogP contribution in [0.4, 0.5) is 4.79 Å². The number of carboxylic acid groups (broad SMARTS) is 1. The average molecular weight is 275 g/mol. The number of carbonyl (C=O) groups excluding carboxylic acids is 1. The molecule has 1 amide bonds. The van der Waals surface area contributed by atoms with E-state index in [1.165, 1.54) is 4.90 Å². The fourth-order valence-corrected chi connectivity index (χ4v) is 2.27. The molecule has 1 aliphatic rings. The van der Waals surface area contributed by atoms with Crippen LogP contribution in [-0.4, -0.2) is 35.2 Å². The molecule has 0 aliphatic carbocycles. The number of ether oxygens (including phenoxy) is 1. The zero-order valence-corrected chi connectivity index (χ0v) is 11.1. The number of amides is 1. The lowest BCUT2D eigenvalue weighted by atomic mass is 9.77. The summed E-state index contributed by atoms with van der Waals surface area (Å²) in [5.41, 5.74) is 0.402. The van der Waals surface area contributed by atoms with E-state index in [0.717, 1.165) is 5.56 Å². The van der Waals surface area contributed by atoms with Crippen molar-refractivity contribution in [3.05, 3.63) is 48.6 Å². The predicted octanol–water partition coefficient (Wildman–Crippen LogP) is 2.29. The second-order valence-electron chi connectivity index (χ2n) is 5.03. The van der Waals surface area contributed by atoms with Crippen LogP contribution < -0.4 is 0 Å². The van der Waals surface area contributed by atoms with Crippen molar-refractivity contribution >= 4 is 12.1 Å². The predicted molar refractivity (Wildman–Crippen MR) is 73.1 cm³/mol. The Morgan fingerprint density at radius 3 is 2.55 bits per heavy atom. The molecule has 1 fully saturated rings. The molecule has 1 aromatic carbocycles. The quantitative estimate of drug-likeness (QED) is 0.837. The highest BCUT2D eigenvalue weighted by Crippen LogP contribution is 2.35. The van der Waals surface area contributed by atoms with Crippen molar-refractivity contribution in [2.45, 2.75) is 13.0 Å². The van der Waals surface area contributed by atoms with Gasteiger partial charge in [-0.2, -0.15) is 0 Å². The molecule has 1 aliphatic heterocycles. The van der Waals surface area contributed by atoms with Gasteiger partial charge in [0.1, 0.15) is 6.61 Å². The van der Waals surface area contributed by atoms with Crippen LogP contribution in [-0.2, 0) is 16.1 Å². The lowest BCUT2D eigenvalue weighted by molar-refractivity contribution is -0.141. The molecule has 20 heavy (non-hydrogen) atoms. The Labute approximate surface area is 117 Å². The van der Waals surface area contributed by atoms with Crippen molar-refractivity contribution < 1.29 is 19.4 Å². The molecule has 0 radical (unpaired) electrons. The number of nitrogens with zero attached hydrogens (tertiary/aromatic N) is 1. The fourth-order valence-electron chi connectivity index (χ4n) is 2.27. The van der Waals surface area contributed by atoms with Gasteiger partial charge in [-0.05, 0) is 5.56 Å². The molecule has 0 unspecified atom stereocenters. The van der Waals surface area contributed by atoms with E-state index in [9.17, 15) is 9.59 Å². The molecule has 2 rings (SSSR count). The van der Waals surface area contributed by atoms with Gasteiger partial charge in [0.25, 0.3) is 0 Å². The maximum atomic E-state index is 11.8. The van der Waals surface area contributed by atoms with E-state index in [1.807, 2.05) is 30.3 Å². The molecule has 5 heteroatoms. The number of rotatable bonds is 5. The minimum atomic E-state index is -0.887. The van der Waals surface area contributed by atoms with E-state index in [4.69, 9.17) is 9.84 Å². The van der Waals surface area contributed by atoms with Gasteiger partial charge in [-0.15, -0.1) is 6.58 Å². The first kappa shape index (κ1) is 14.1. The average Bonchev–Trinajstić information content (AvgIpc) is 2.40. The smallest absolute Gasteiger partial charge is 0.410 e. The number of likely N-dealkylation sites (tertiary alicyclic amines) is 1. The summed E-state index contributed by atoms with van der Waals surface area (Å²) in [5.74, 6) is -0.887. The summed E-state index contributed by atoms with van der Waals surface area (Å²) in [6.45, 7) is 4.56. The van der Waals surface area contributed by atoms with E-state index in [1.54, 1.807) is 6.08 Å². The highest BCUT2D eigenvalue weighted by molar-refractivity contribution is 5.72. The van der Waals surface area contributed by atoms with E-state index < -0.39 is 17.5 Å². The van der Waals surface area contributed by atoms with Crippen LogP contribution in [0.1, 0.15) is 12.0 Å². The minimum Gasteiger partial charge on any atom is -0.481 e. The molecule has 1 saturated heterocycles. The second-order valence-corrected chi connectivity index (χ2v) is 5.03. The van der Waals surface area contributed by atoms with Gasteiger partial charge in [-0.1, -0.05) is 36.4 Å². The van der Waals surface area contributed by atoms with E-state index in [0.29, 0.717) is 13.1 Å². The van der Waals surface area contributed by atoms with Gasteiger partial charge >= 0.3 is 12.1 Å². The molecule has 1 N–H and O–H groups in total. The van der Waals surface area contributed by atoms with Crippen LogP contribution >= 0.6 is 0 Å². The number of hydrogen-bond acceptors (Lipinski definition) is 3. The van der Waals surface area contributed by atoms with Crippen LogP contribution in [0.15, 0.2) is 43.0 Å². The zero-order valence-electron chi connectivity index (χ0n) is 11.1. The highest BCUT2D eigenvalue weighted by Gasteiger charge is 2.45. The highest BCUT2D eigenvalue weighted by atomic mass is 16.6. The van der Waals surface area contributed by atoms with Crippen molar-refractivity contribution in [3.8, 4) is 0 Å². The maximum absolute atomic E-state index is 11.8. The summed E-state index contributed by atoms with van der Waals surface area (Å²) in [5, 5.41) is 8.84. The summed E-state index contributed by atoms with van der Waals surface area (Å²) in [6, 6.07) is 9.40. The van der Waals surface area contributed by atoms with Crippen LogP contribution in [0.25, 0.3) is 0 Å². The number of carboxylic acids is 1. The third-order valence-electron chi connectivity index (χ3n) is 3.41. The first-order chi connectivity index (χ1) is 9.54. The lowest BCUT2D eigenvalue weighted by Crippen LogP contribution is -2.58. The fraction of sp³-hybridized carbons (Fsp3) is 0.333. The van der Waals surface area contributed by atoms with Gasteiger partial charge in [0.2, 0.25) is 0 Å². The summed E-state index contributed by atoms with van der Waals surface area (Å²) < 4.78 is 5.18. The SMILES string of the molecule is C=CC1(CC(=O)O)CN(C(=O)OCc2ccccc2)C1. The van der Waals surface area contributed by atoms with Crippen LogP contribution in [0.3, 0.4) is 0 Å². The molecule has 1 aromatic rings. The van der Waals surface area contributed by atoms with Crippen molar-refractivity contribution in [1.82, 2.24) is 4.90 Å². The molecule has 0 spiro atoms. The summed E-state index contributed by atoms with van der Waals surface area (Å²) in [7, 11) is 0. The van der Waals surface area contributed by atoms with Crippen molar-refractivity contribution in [2.75, 3.05) is 13.1 Å². The number of aliphatic carboxylic acids is 1. The minimum absolute atomic E-state index is 0.0149.